The number of nitrogens with one attached hydrogen (secondary N) is 1. The van der Waals surface area contributed by atoms with Crippen LogP contribution in [-0.4, -0.2) is 31.7 Å². The number of hydrogen-bond donors (Lipinski definition) is 1. The molecule has 1 amide bonds. The van der Waals surface area contributed by atoms with E-state index < -0.39 is 12.1 Å². The van der Waals surface area contributed by atoms with Gasteiger partial charge >= 0.3 is 5.97 Å². The van der Waals surface area contributed by atoms with E-state index in [4.69, 9.17) is 14.2 Å². The SMILES string of the molecule is COc1ccc(CNC(=O)C(C)OC(=O)c2ccc(OCC(C)C)cc2)cc1. The topological polar surface area (TPSA) is 73.9 Å². The van der Waals surface area contributed by atoms with Gasteiger partial charge in [-0.05, 0) is 54.8 Å². The van der Waals surface area contributed by atoms with Gasteiger partial charge in [0.1, 0.15) is 11.5 Å². The molecule has 1 N–H and O–H groups in total. The number of carbonyl (C=O) groups excluding carboxylic acids is 2. The Morgan fingerprint density at radius 2 is 1.54 bits per heavy atom. The number of carbonyl (C=O) groups is 2. The first-order valence-corrected chi connectivity index (χ1v) is 9.23. The van der Waals surface area contributed by atoms with E-state index >= 15 is 0 Å². The molecule has 0 saturated heterocycles. The molecule has 1 atom stereocenters. The minimum Gasteiger partial charge on any atom is -0.497 e. The molecule has 0 radical (unpaired) electrons. The highest BCUT2D eigenvalue weighted by molar-refractivity contribution is 5.92. The lowest BCUT2D eigenvalue weighted by molar-refractivity contribution is -0.129. The molecule has 0 bridgehead atoms. The van der Waals surface area contributed by atoms with E-state index in [9.17, 15) is 9.59 Å². The van der Waals surface area contributed by atoms with Crippen molar-refractivity contribution in [1.82, 2.24) is 5.32 Å². The fourth-order valence-corrected chi connectivity index (χ4v) is 2.31. The standard InChI is InChI=1S/C22H27NO5/c1-15(2)14-27-20-11-7-18(8-12-20)22(25)28-16(3)21(24)23-13-17-5-9-19(26-4)10-6-17/h5-12,15-16H,13-14H2,1-4H3,(H,23,24). The first kappa shape index (κ1) is 21.3. The van der Waals surface area contributed by atoms with Crippen molar-refractivity contribution in [2.24, 2.45) is 5.92 Å². The molecule has 0 fully saturated rings. The maximum absolute atomic E-state index is 12.2. The Balaban J connectivity index is 1.82. The first-order chi connectivity index (χ1) is 13.4. The molecule has 6 nitrogen and oxygen atoms in total. The predicted octanol–water partition coefficient (Wildman–Crippen LogP) is 3.59. The number of ether oxygens (including phenoxy) is 3. The summed E-state index contributed by atoms with van der Waals surface area (Å²) in [6.07, 6.45) is -0.900. The van der Waals surface area contributed by atoms with E-state index in [1.165, 1.54) is 0 Å². The smallest absolute Gasteiger partial charge is 0.338 e. The van der Waals surface area contributed by atoms with E-state index in [1.807, 2.05) is 24.3 Å². The second kappa shape index (κ2) is 10.3. The van der Waals surface area contributed by atoms with Crippen molar-refractivity contribution in [2.75, 3.05) is 13.7 Å². The molecule has 2 aromatic carbocycles. The number of amides is 1. The highest BCUT2D eigenvalue weighted by Gasteiger charge is 2.18. The first-order valence-electron chi connectivity index (χ1n) is 9.23. The second-order valence-electron chi connectivity index (χ2n) is 6.84. The molecule has 0 saturated carbocycles. The molecule has 2 aromatic rings. The number of rotatable bonds is 9. The zero-order valence-corrected chi connectivity index (χ0v) is 16.7. The lowest BCUT2D eigenvalue weighted by atomic mass is 10.2. The van der Waals surface area contributed by atoms with Gasteiger partial charge in [-0.1, -0.05) is 26.0 Å². The lowest BCUT2D eigenvalue weighted by Crippen LogP contribution is -2.35. The highest BCUT2D eigenvalue weighted by Crippen LogP contribution is 2.15. The molecule has 0 spiro atoms. The molecule has 28 heavy (non-hydrogen) atoms. The molecule has 6 heteroatoms. The highest BCUT2D eigenvalue weighted by atomic mass is 16.5. The summed E-state index contributed by atoms with van der Waals surface area (Å²) in [5.74, 6) is 0.944. The van der Waals surface area contributed by atoms with Crippen LogP contribution >= 0.6 is 0 Å². The number of benzene rings is 2. The Hall–Kier alpha value is -3.02. The Morgan fingerprint density at radius 1 is 0.929 bits per heavy atom. The van der Waals surface area contributed by atoms with Crippen molar-refractivity contribution < 1.29 is 23.8 Å². The van der Waals surface area contributed by atoms with E-state index in [0.717, 1.165) is 11.3 Å². The van der Waals surface area contributed by atoms with Crippen LogP contribution in [0.2, 0.25) is 0 Å². The monoisotopic (exact) mass is 385 g/mol. The van der Waals surface area contributed by atoms with Crippen LogP contribution in [0, 0.1) is 5.92 Å². The Morgan fingerprint density at radius 3 is 2.11 bits per heavy atom. The van der Waals surface area contributed by atoms with Crippen molar-refractivity contribution in [1.29, 1.82) is 0 Å². The van der Waals surface area contributed by atoms with Crippen molar-refractivity contribution in [2.45, 2.75) is 33.4 Å². The minimum absolute atomic E-state index is 0.340. The van der Waals surface area contributed by atoms with Gasteiger partial charge in [0.15, 0.2) is 6.10 Å². The van der Waals surface area contributed by atoms with Gasteiger partial charge in [-0.25, -0.2) is 4.79 Å². The average Bonchev–Trinajstić information content (AvgIpc) is 2.71. The van der Waals surface area contributed by atoms with Gasteiger partial charge < -0.3 is 19.5 Å². The summed E-state index contributed by atoms with van der Waals surface area (Å²) in [6.45, 7) is 6.61. The Bertz CT molecular complexity index is 769. The molecule has 0 aromatic heterocycles. The third-order valence-electron chi connectivity index (χ3n) is 3.95. The van der Waals surface area contributed by atoms with Crippen molar-refractivity contribution >= 4 is 11.9 Å². The van der Waals surface area contributed by atoms with Gasteiger partial charge in [0.25, 0.3) is 5.91 Å². The van der Waals surface area contributed by atoms with Gasteiger partial charge in [-0.15, -0.1) is 0 Å². The normalized spacial score (nSPS) is 11.6. The van der Waals surface area contributed by atoms with Crippen LogP contribution < -0.4 is 14.8 Å². The van der Waals surface area contributed by atoms with Gasteiger partial charge in [0.2, 0.25) is 0 Å². The van der Waals surface area contributed by atoms with Crippen LogP contribution in [0.25, 0.3) is 0 Å². The number of methoxy groups -OCH3 is 1. The molecule has 0 aliphatic heterocycles. The van der Waals surface area contributed by atoms with E-state index in [0.29, 0.717) is 30.4 Å². The summed E-state index contributed by atoms with van der Waals surface area (Å²) in [4.78, 5) is 24.4. The number of hydrogen-bond acceptors (Lipinski definition) is 5. The Kier molecular flexibility index (Phi) is 7.87. The summed E-state index contributed by atoms with van der Waals surface area (Å²) in [5.41, 5.74) is 1.29. The predicted molar refractivity (Wildman–Crippen MR) is 106 cm³/mol. The van der Waals surface area contributed by atoms with E-state index in [-0.39, 0.29) is 5.91 Å². The van der Waals surface area contributed by atoms with Gasteiger partial charge in [-0.3, -0.25) is 4.79 Å². The van der Waals surface area contributed by atoms with Crippen molar-refractivity contribution in [3.05, 3.63) is 59.7 Å². The van der Waals surface area contributed by atoms with Gasteiger partial charge in [-0.2, -0.15) is 0 Å². The molecular formula is C22H27NO5. The van der Waals surface area contributed by atoms with Crippen LogP contribution in [0.1, 0.15) is 36.7 Å². The quantitative estimate of drug-likeness (QED) is 0.668. The third kappa shape index (κ3) is 6.61. The van der Waals surface area contributed by atoms with Crippen molar-refractivity contribution in [3.63, 3.8) is 0 Å². The fourth-order valence-electron chi connectivity index (χ4n) is 2.31. The van der Waals surface area contributed by atoms with Gasteiger partial charge in [0.05, 0.1) is 19.3 Å². The lowest BCUT2D eigenvalue weighted by Gasteiger charge is -2.14. The maximum atomic E-state index is 12.2. The molecular weight excluding hydrogens is 358 g/mol. The summed E-state index contributed by atoms with van der Waals surface area (Å²) in [6, 6.07) is 14.0. The largest absolute Gasteiger partial charge is 0.497 e. The molecule has 150 valence electrons. The number of esters is 1. The average molecular weight is 385 g/mol. The van der Waals surface area contributed by atoms with Crippen LogP contribution in [0.3, 0.4) is 0 Å². The third-order valence-corrected chi connectivity index (χ3v) is 3.95. The molecule has 0 aliphatic carbocycles. The maximum Gasteiger partial charge on any atom is 0.338 e. The molecule has 2 rings (SSSR count). The zero-order chi connectivity index (χ0) is 20.5. The molecule has 0 aliphatic rings. The van der Waals surface area contributed by atoms with Crippen LogP contribution in [0.15, 0.2) is 48.5 Å². The zero-order valence-electron chi connectivity index (χ0n) is 16.7. The summed E-state index contributed by atoms with van der Waals surface area (Å²) < 4.78 is 15.9. The van der Waals surface area contributed by atoms with Gasteiger partial charge in [0, 0.05) is 6.54 Å². The molecule has 0 heterocycles. The minimum atomic E-state index is -0.900. The summed E-state index contributed by atoms with van der Waals surface area (Å²) >= 11 is 0. The fraction of sp³-hybridized carbons (Fsp3) is 0.364. The summed E-state index contributed by atoms with van der Waals surface area (Å²) in [5, 5.41) is 2.75. The summed E-state index contributed by atoms with van der Waals surface area (Å²) in [7, 11) is 1.60. The van der Waals surface area contributed by atoms with E-state index in [1.54, 1.807) is 38.3 Å². The van der Waals surface area contributed by atoms with E-state index in [2.05, 4.69) is 19.2 Å². The molecule has 1 unspecified atom stereocenters. The van der Waals surface area contributed by atoms with Crippen molar-refractivity contribution in [3.8, 4) is 11.5 Å². The van der Waals surface area contributed by atoms with Crippen LogP contribution in [0.5, 0.6) is 11.5 Å². The Labute approximate surface area is 165 Å². The second-order valence-corrected chi connectivity index (χ2v) is 6.84. The van der Waals surface area contributed by atoms with Crippen LogP contribution in [-0.2, 0) is 16.1 Å². The van der Waals surface area contributed by atoms with Crippen LogP contribution in [0.4, 0.5) is 0 Å².